The topological polar surface area (TPSA) is 83.5 Å². The molecule has 118 valence electrons. The third-order valence-corrected chi connectivity index (χ3v) is 4.97. The zero-order chi connectivity index (χ0) is 16.4. The van der Waals surface area contributed by atoms with E-state index in [1.54, 1.807) is 6.92 Å². The van der Waals surface area contributed by atoms with Crippen molar-refractivity contribution < 1.29 is 27.1 Å². The molecule has 0 aliphatic rings. The van der Waals surface area contributed by atoms with E-state index in [0.717, 1.165) is 0 Å². The van der Waals surface area contributed by atoms with Crippen LogP contribution in [0.5, 0.6) is 0 Å². The van der Waals surface area contributed by atoms with Gasteiger partial charge in [-0.1, -0.05) is 20.3 Å². The van der Waals surface area contributed by atoms with Gasteiger partial charge in [-0.15, -0.1) is 0 Å². The zero-order valence-corrected chi connectivity index (χ0v) is 12.7. The molecule has 0 spiro atoms. The van der Waals surface area contributed by atoms with Gasteiger partial charge in [-0.05, 0) is 25.0 Å². The fraction of sp³-hybridized carbons (Fsp3) is 0.462. The molecule has 1 aromatic carbocycles. The molecule has 0 aliphatic heterocycles. The van der Waals surface area contributed by atoms with Crippen LogP contribution >= 0.6 is 0 Å². The molecular weight excluding hydrogens is 304 g/mol. The Morgan fingerprint density at radius 2 is 1.90 bits per heavy atom. The van der Waals surface area contributed by atoms with E-state index >= 15 is 0 Å². The van der Waals surface area contributed by atoms with Crippen molar-refractivity contribution in [2.45, 2.75) is 38.1 Å². The Morgan fingerprint density at radius 3 is 2.38 bits per heavy atom. The monoisotopic (exact) mass is 321 g/mol. The van der Waals surface area contributed by atoms with Gasteiger partial charge in [-0.3, -0.25) is 0 Å². The first kappa shape index (κ1) is 17.5. The number of rotatable bonds is 6. The maximum Gasteiger partial charge on any atom is 0.341 e. The molecule has 1 rings (SSSR count). The molecule has 1 aromatic rings. The van der Waals surface area contributed by atoms with E-state index in [2.05, 4.69) is 4.72 Å². The van der Waals surface area contributed by atoms with Crippen LogP contribution in [-0.4, -0.2) is 25.5 Å². The van der Waals surface area contributed by atoms with Crippen LogP contribution in [0.4, 0.5) is 8.78 Å². The number of hydrogen-bond acceptors (Lipinski definition) is 3. The molecule has 21 heavy (non-hydrogen) atoms. The molecule has 0 bridgehead atoms. The molecule has 0 saturated heterocycles. The van der Waals surface area contributed by atoms with Crippen LogP contribution in [-0.2, 0) is 10.0 Å². The summed E-state index contributed by atoms with van der Waals surface area (Å²) < 4.78 is 53.7. The molecule has 0 radical (unpaired) electrons. The first-order chi connectivity index (χ1) is 9.61. The smallest absolute Gasteiger partial charge is 0.341 e. The summed E-state index contributed by atoms with van der Waals surface area (Å²) in [6.07, 6.45) is 0.704. The van der Waals surface area contributed by atoms with Gasteiger partial charge in [-0.25, -0.2) is 26.7 Å². The van der Waals surface area contributed by atoms with E-state index in [0.29, 0.717) is 18.6 Å². The Bertz CT molecular complexity index is 646. The predicted molar refractivity (Wildman–Crippen MR) is 72.6 cm³/mol. The lowest BCUT2D eigenvalue weighted by atomic mass is 10.0. The molecule has 0 saturated carbocycles. The highest BCUT2D eigenvalue weighted by Gasteiger charge is 2.28. The number of benzene rings is 1. The van der Waals surface area contributed by atoms with Crippen molar-refractivity contribution in [2.24, 2.45) is 5.92 Å². The number of halogens is 2. The Kier molecular flexibility index (Phi) is 5.41. The van der Waals surface area contributed by atoms with Crippen LogP contribution in [0.2, 0.25) is 0 Å². The zero-order valence-electron chi connectivity index (χ0n) is 11.9. The van der Waals surface area contributed by atoms with Crippen LogP contribution in [0.3, 0.4) is 0 Å². The molecule has 0 aliphatic carbocycles. The lowest BCUT2D eigenvalue weighted by Crippen LogP contribution is -2.37. The maximum absolute atomic E-state index is 14.0. The van der Waals surface area contributed by atoms with Gasteiger partial charge in [0.1, 0.15) is 16.3 Å². The summed E-state index contributed by atoms with van der Waals surface area (Å²) in [7, 11) is -4.27. The van der Waals surface area contributed by atoms with E-state index in [4.69, 9.17) is 5.11 Å². The Hall–Kier alpha value is -1.54. The summed E-state index contributed by atoms with van der Waals surface area (Å²) in [4.78, 5) is 9.93. The minimum absolute atomic E-state index is 0.00206. The molecule has 5 nitrogen and oxygen atoms in total. The summed E-state index contributed by atoms with van der Waals surface area (Å²) in [5, 5.41) is 8.75. The van der Waals surface area contributed by atoms with Gasteiger partial charge in [0, 0.05) is 6.04 Å². The van der Waals surface area contributed by atoms with E-state index in [9.17, 15) is 22.0 Å². The Morgan fingerprint density at radius 1 is 1.33 bits per heavy atom. The largest absolute Gasteiger partial charge is 0.477 e. The number of carboxylic acid groups (broad SMARTS) is 1. The van der Waals surface area contributed by atoms with Gasteiger partial charge in [-0.2, -0.15) is 0 Å². The van der Waals surface area contributed by atoms with Gasteiger partial charge in [0.15, 0.2) is 5.82 Å². The molecule has 0 aromatic heterocycles. The molecule has 0 fully saturated rings. The third kappa shape index (κ3) is 3.76. The fourth-order valence-electron chi connectivity index (χ4n) is 1.71. The number of carboxylic acids is 1. The van der Waals surface area contributed by atoms with Gasteiger partial charge in [0.2, 0.25) is 10.0 Å². The fourth-order valence-corrected chi connectivity index (χ4v) is 3.15. The molecule has 2 unspecified atom stereocenters. The summed E-state index contributed by atoms with van der Waals surface area (Å²) in [6, 6.07) is 0.857. The van der Waals surface area contributed by atoms with Gasteiger partial charge >= 0.3 is 5.97 Å². The lowest BCUT2D eigenvalue weighted by Gasteiger charge is -2.20. The highest BCUT2D eigenvalue weighted by Crippen LogP contribution is 2.22. The second kappa shape index (κ2) is 6.48. The van der Waals surface area contributed by atoms with Crippen molar-refractivity contribution in [1.29, 1.82) is 0 Å². The lowest BCUT2D eigenvalue weighted by molar-refractivity contribution is 0.0685. The van der Waals surface area contributed by atoms with Crippen molar-refractivity contribution in [3.63, 3.8) is 0 Å². The van der Waals surface area contributed by atoms with Crippen molar-refractivity contribution >= 4 is 16.0 Å². The molecule has 8 heteroatoms. The molecule has 0 heterocycles. The summed E-state index contributed by atoms with van der Waals surface area (Å²) in [5.74, 6) is -4.79. The van der Waals surface area contributed by atoms with Gasteiger partial charge in [0.25, 0.3) is 0 Å². The normalized spacial score (nSPS) is 14.7. The molecule has 2 atom stereocenters. The molecule has 0 amide bonds. The minimum atomic E-state index is -4.27. The Labute approximate surface area is 122 Å². The van der Waals surface area contributed by atoms with Gasteiger partial charge < -0.3 is 5.11 Å². The second-order valence-corrected chi connectivity index (χ2v) is 6.52. The maximum atomic E-state index is 14.0. The van der Waals surface area contributed by atoms with Gasteiger partial charge in [0.05, 0.1) is 0 Å². The third-order valence-electron chi connectivity index (χ3n) is 3.40. The van der Waals surface area contributed by atoms with E-state index in [-0.39, 0.29) is 5.92 Å². The highest BCUT2D eigenvalue weighted by molar-refractivity contribution is 7.89. The van der Waals surface area contributed by atoms with Crippen LogP contribution in [0.15, 0.2) is 17.0 Å². The quantitative estimate of drug-likeness (QED) is 0.842. The summed E-state index contributed by atoms with van der Waals surface area (Å²) in [6.45, 7) is 5.30. The summed E-state index contributed by atoms with van der Waals surface area (Å²) >= 11 is 0. The van der Waals surface area contributed by atoms with Crippen LogP contribution in [0, 0.1) is 17.6 Å². The van der Waals surface area contributed by atoms with E-state index in [1.807, 2.05) is 13.8 Å². The van der Waals surface area contributed by atoms with Crippen LogP contribution < -0.4 is 4.72 Å². The van der Waals surface area contributed by atoms with E-state index < -0.39 is 44.1 Å². The number of sulfonamides is 1. The number of carbonyl (C=O) groups is 1. The summed E-state index contributed by atoms with van der Waals surface area (Å²) in [5.41, 5.74) is -1.28. The van der Waals surface area contributed by atoms with Crippen molar-refractivity contribution in [3.05, 3.63) is 29.3 Å². The first-order valence-corrected chi connectivity index (χ1v) is 7.83. The van der Waals surface area contributed by atoms with Crippen molar-refractivity contribution in [1.82, 2.24) is 4.72 Å². The SMILES string of the molecule is CCC(C)C(C)NS(=O)(=O)c1ccc(F)c(C(=O)O)c1F. The predicted octanol–water partition coefficient (Wildman–Crippen LogP) is 2.38. The standard InChI is InChI=1S/C13H17F2NO4S/c1-4-7(2)8(3)16-21(19,20)10-6-5-9(14)11(12(10)15)13(17)18/h5-8,16H,4H2,1-3H3,(H,17,18). The number of hydrogen-bond donors (Lipinski definition) is 2. The van der Waals surface area contributed by atoms with Crippen molar-refractivity contribution in [3.8, 4) is 0 Å². The Balaban J connectivity index is 3.27. The highest BCUT2D eigenvalue weighted by atomic mass is 32.2. The molecular formula is C13H17F2NO4S. The average Bonchev–Trinajstić information content (AvgIpc) is 2.36. The van der Waals surface area contributed by atoms with Crippen LogP contribution in [0.25, 0.3) is 0 Å². The average molecular weight is 321 g/mol. The second-order valence-electron chi connectivity index (χ2n) is 4.84. The number of nitrogens with one attached hydrogen (secondary N) is 1. The van der Waals surface area contributed by atoms with Crippen LogP contribution in [0.1, 0.15) is 37.6 Å². The van der Waals surface area contributed by atoms with Crippen molar-refractivity contribution in [2.75, 3.05) is 0 Å². The number of aromatic carboxylic acids is 1. The molecule has 2 N–H and O–H groups in total. The van der Waals surface area contributed by atoms with E-state index in [1.165, 1.54) is 0 Å². The minimum Gasteiger partial charge on any atom is -0.477 e. The first-order valence-electron chi connectivity index (χ1n) is 6.35.